The van der Waals surface area contributed by atoms with E-state index in [0.29, 0.717) is 25.7 Å². The van der Waals surface area contributed by atoms with Crippen molar-refractivity contribution in [1.29, 1.82) is 0 Å². The van der Waals surface area contributed by atoms with Gasteiger partial charge in [-0.15, -0.1) is 0 Å². The van der Waals surface area contributed by atoms with Gasteiger partial charge in [0.05, 0.1) is 0 Å². The number of halogens is 1. The third-order valence-corrected chi connectivity index (χ3v) is 7.93. The topological polar surface area (TPSA) is 77.8 Å². The standard InChI is InChI=1S/C23H31BBrO4S/c1-15-21(25)13-18(30-15)10-8-17(26)9-11-19-16(14-24)12-22(27)20(19)6-4-2-3-5-7-23(28)29/h2,4,9,11,13-14,16-17,19-20,22,26-27H,3,5-8,10,12H2,1H3,(H,28,29)/b4-2-,11-9+/t16-,17-,19-,20+,22?/m0/s1. The van der Waals surface area contributed by atoms with Gasteiger partial charge in [0, 0.05) is 0 Å². The summed E-state index contributed by atoms with van der Waals surface area (Å²) in [5.74, 6) is 1.10. The molecule has 1 heterocycles. The normalized spacial score (nSPS) is 25.3. The molecule has 1 unspecified atom stereocenters. The molecule has 7 heteroatoms. The zero-order valence-corrected chi connectivity index (χ0v) is 19.8. The quantitative estimate of drug-likeness (QED) is 0.228. The summed E-state index contributed by atoms with van der Waals surface area (Å²) in [6, 6.07) is 2.11. The molecular weight excluding hydrogens is 463 g/mol. The molecule has 1 fully saturated rings. The van der Waals surface area contributed by atoms with Crippen LogP contribution >= 0.6 is 27.3 Å². The Morgan fingerprint density at radius 2 is 2.20 bits per heavy atom. The summed E-state index contributed by atoms with van der Waals surface area (Å²) < 4.78 is 1.12. The number of thiophene rings is 1. The van der Waals surface area contributed by atoms with Gasteiger partial charge in [-0.25, -0.2) is 0 Å². The third-order valence-electron chi connectivity index (χ3n) is 5.73. The van der Waals surface area contributed by atoms with Gasteiger partial charge in [0.2, 0.25) is 0 Å². The van der Waals surface area contributed by atoms with Crippen molar-refractivity contribution in [1.82, 2.24) is 0 Å². The maximum atomic E-state index is 10.6. The van der Waals surface area contributed by atoms with Gasteiger partial charge in [-0.3, -0.25) is 0 Å². The molecule has 0 aromatic carbocycles. The van der Waals surface area contributed by atoms with Crippen LogP contribution in [0, 0.1) is 24.7 Å². The SMILES string of the molecule is [B]=C[C@@H]1CC(O)[C@H](C/C=C\CCCC(=O)O)[C@H]1/C=C/[C@@H](O)CCc1cc(Br)c(C)s1. The number of aliphatic hydroxyl groups excluding tert-OH is 2. The van der Waals surface area contributed by atoms with Gasteiger partial charge in [-0.1, -0.05) is 0 Å². The van der Waals surface area contributed by atoms with E-state index in [2.05, 4.69) is 28.9 Å². The molecule has 1 radical (unpaired) electrons. The Kier molecular flexibility index (Phi) is 10.7. The van der Waals surface area contributed by atoms with Crippen LogP contribution in [0.4, 0.5) is 0 Å². The van der Waals surface area contributed by atoms with Crippen LogP contribution in [0.15, 0.2) is 34.8 Å². The third kappa shape index (κ3) is 7.91. The first-order valence-electron chi connectivity index (χ1n) is 10.5. The number of hydrogen-bond donors (Lipinski definition) is 3. The Bertz CT molecular complexity index is 741. The molecule has 1 aromatic rings. The van der Waals surface area contributed by atoms with E-state index in [4.69, 9.17) is 12.6 Å². The van der Waals surface area contributed by atoms with E-state index in [1.807, 2.05) is 24.3 Å². The van der Waals surface area contributed by atoms with E-state index >= 15 is 0 Å². The van der Waals surface area contributed by atoms with Crippen LogP contribution < -0.4 is 0 Å². The number of aliphatic carboxylic acids is 1. The summed E-state index contributed by atoms with van der Waals surface area (Å²) in [5, 5.41) is 29.6. The van der Waals surface area contributed by atoms with Crippen molar-refractivity contribution < 1.29 is 20.1 Å². The van der Waals surface area contributed by atoms with Crippen LogP contribution in [0.2, 0.25) is 0 Å². The number of carbonyl (C=O) groups is 1. The van der Waals surface area contributed by atoms with Crippen molar-refractivity contribution in [2.75, 3.05) is 0 Å². The number of aryl methyl sites for hydroxylation is 2. The van der Waals surface area contributed by atoms with Crippen LogP contribution in [0.3, 0.4) is 0 Å². The minimum absolute atomic E-state index is 0.0462. The molecule has 2 rings (SSSR count). The number of hydrogen-bond acceptors (Lipinski definition) is 4. The molecule has 1 saturated carbocycles. The van der Waals surface area contributed by atoms with Crippen molar-refractivity contribution in [3.05, 3.63) is 44.6 Å². The van der Waals surface area contributed by atoms with Gasteiger partial charge in [0.15, 0.2) is 0 Å². The van der Waals surface area contributed by atoms with Crippen molar-refractivity contribution >= 4 is 46.7 Å². The zero-order chi connectivity index (χ0) is 22.1. The van der Waals surface area contributed by atoms with Gasteiger partial charge in [-0.05, 0) is 0 Å². The van der Waals surface area contributed by atoms with Gasteiger partial charge in [0.25, 0.3) is 0 Å². The predicted octanol–water partition coefficient (Wildman–Crippen LogP) is 4.45. The van der Waals surface area contributed by atoms with Crippen molar-refractivity contribution in [3.63, 3.8) is 0 Å². The second kappa shape index (κ2) is 12.7. The number of aliphatic hydroxyl groups is 2. The molecule has 0 aliphatic heterocycles. The van der Waals surface area contributed by atoms with Gasteiger partial charge in [0.1, 0.15) is 0 Å². The number of carboxylic acids is 1. The summed E-state index contributed by atoms with van der Waals surface area (Å²) in [6.07, 6.45) is 11.3. The number of rotatable bonds is 12. The molecular formula is C23H31BBrO4S. The Hall–Kier alpha value is -1.02. The summed E-state index contributed by atoms with van der Waals surface area (Å²) >= 11 is 5.27. The second-order valence-electron chi connectivity index (χ2n) is 8.00. The molecule has 4 nitrogen and oxygen atoms in total. The molecule has 5 atom stereocenters. The first kappa shape index (κ1) is 25.2. The first-order valence-corrected chi connectivity index (χ1v) is 12.1. The van der Waals surface area contributed by atoms with E-state index < -0.39 is 18.2 Å². The molecule has 163 valence electrons. The molecule has 0 spiro atoms. The average Bonchev–Trinajstić information content (AvgIpc) is 3.19. The summed E-state index contributed by atoms with van der Waals surface area (Å²) in [5.41, 5.74) is 0. The van der Waals surface area contributed by atoms with Gasteiger partial charge >= 0.3 is 193 Å². The summed E-state index contributed by atoms with van der Waals surface area (Å²) in [4.78, 5) is 13.1. The van der Waals surface area contributed by atoms with E-state index in [1.165, 1.54) is 9.75 Å². The Morgan fingerprint density at radius 1 is 1.43 bits per heavy atom. The molecule has 0 saturated heterocycles. The first-order chi connectivity index (χ1) is 14.3. The summed E-state index contributed by atoms with van der Waals surface area (Å²) in [7, 11) is 5.82. The van der Waals surface area contributed by atoms with Crippen LogP contribution in [0.25, 0.3) is 0 Å². The second-order valence-corrected chi connectivity index (χ2v) is 10.2. The fourth-order valence-corrected chi connectivity index (χ4v) is 5.63. The number of allylic oxidation sites excluding steroid dienone is 3. The molecule has 0 amide bonds. The Morgan fingerprint density at radius 3 is 2.83 bits per heavy atom. The van der Waals surface area contributed by atoms with Crippen molar-refractivity contribution in [3.8, 4) is 0 Å². The fraction of sp³-hybridized carbons (Fsp3) is 0.565. The van der Waals surface area contributed by atoms with Crippen LogP contribution in [0.1, 0.15) is 48.3 Å². The van der Waals surface area contributed by atoms with Crippen LogP contribution in [0.5, 0.6) is 0 Å². The molecule has 0 bridgehead atoms. The number of unbranched alkanes of at least 4 members (excludes halogenated alkanes) is 1. The maximum absolute atomic E-state index is 10.6. The predicted molar refractivity (Wildman–Crippen MR) is 128 cm³/mol. The minimum atomic E-state index is -0.776. The van der Waals surface area contributed by atoms with Crippen LogP contribution in [-0.2, 0) is 11.2 Å². The Balaban J connectivity index is 1.89. The average molecular weight is 494 g/mol. The number of carboxylic acid groups (broad SMARTS) is 1. The summed E-state index contributed by atoms with van der Waals surface area (Å²) in [6.45, 7) is 2.07. The zero-order valence-electron chi connectivity index (χ0n) is 17.4. The van der Waals surface area contributed by atoms with E-state index in [1.54, 1.807) is 17.3 Å². The molecule has 1 aromatic heterocycles. The van der Waals surface area contributed by atoms with Crippen molar-refractivity contribution in [2.24, 2.45) is 17.8 Å². The molecule has 1 aliphatic carbocycles. The van der Waals surface area contributed by atoms with Gasteiger partial charge < -0.3 is 0 Å². The fourth-order valence-electron chi connectivity index (χ4n) is 4.02. The van der Waals surface area contributed by atoms with E-state index in [9.17, 15) is 15.0 Å². The van der Waals surface area contributed by atoms with Crippen molar-refractivity contribution in [2.45, 2.75) is 64.1 Å². The van der Waals surface area contributed by atoms with E-state index in [0.717, 1.165) is 17.3 Å². The molecule has 1 aliphatic rings. The molecule has 3 N–H and O–H groups in total. The Labute approximate surface area is 192 Å². The van der Waals surface area contributed by atoms with E-state index in [-0.39, 0.29) is 24.2 Å². The van der Waals surface area contributed by atoms with Crippen LogP contribution in [-0.4, -0.2) is 47.0 Å². The molecule has 30 heavy (non-hydrogen) atoms. The monoisotopic (exact) mass is 493 g/mol. The van der Waals surface area contributed by atoms with Gasteiger partial charge in [-0.2, -0.15) is 0 Å².